The molecule has 0 saturated heterocycles. The third-order valence-corrected chi connectivity index (χ3v) is 4.41. The number of benzene rings is 2. The minimum atomic E-state index is -0.484. The SMILES string of the molecule is COc1cc(C(=O)NNC(=O)c2ccc(C)cc2C)cc(OC)c1Br. The molecule has 7 heteroatoms. The molecule has 0 atom stereocenters. The van der Waals surface area contributed by atoms with E-state index in [4.69, 9.17) is 9.47 Å². The average Bonchev–Trinajstić information content (AvgIpc) is 2.59. The van der Waals surface area contributed by atoms with Crippen LogP contribution in [0.25, 0.3) is 0 Å². The average molecular weight is 407 g/mol. The number of rotatable bonds is 4. The van der Waals surface area contributed by atoms with Crippen molar-refractivity contribution in [2.45, 2.75) is 13.8 Å². The van der Waals surface area contributed by atoms with E-state index in [2.05, 4.69) is 26.8 Å². The lowest BCUT2D eigenvalue weighted by Gasteiger charge is -2.13. The summed E-state index contributed by atoms with van der Waals surface area (Å²) in [6.07, 6.45) is 0. The van der Waals surface area contributed by atoms with E-state index in [0.29, 0.717) is 21.5 Å². The van der Waals surface area contributed by atoms with Crippen LogP contribution >= 0.6 is 15.9 Å². The first-order chi connectivity index (χ1) is 11.9. The lowest BCUT2D eigenvalue weighted by atomic mass is 10.1. The molecule has 0 spiro atoms. The number of hydrogen-bond donors (Lipinski definition) is 2. The largest absolute Gasteiger partial charge is 0.495 e. The zero-order valence-corrected chi connectivity index (χ0v) is 16.0. The van der Waals surface area contributed by atoms with Crippen molar-refractivity contribution in [1.29, 1.82) is 0 Å². The number of carbonyl (C=O) groups is 2. The van der Waals surface area contributed by atoms with Crippen molar-refractivity contribution in [3.63, 3.8) is 0 Å². The molecule has 0 aliphatic rings. The second-order valence-corrected chi connectivity index (χ2v) is 6.21. The van der Waals surface area contributed by atoms with Gasteiger partial charge in [-0.1, -0.05) is 17.7 Å². The second kappa shape index (κ2) is 8.02. The second-order valence-electron chi connectivity index (χ2n) is 5.42. The normalized spacial score (nSPS) is 10.1. The number of hydrogen-bond acceptors (Lipinski definition) is 4. The predicted molar refractivity (Wildman–Crippen MR) is 98.1 cm³/mol. The van der Waals surface area contributed by atoms with Gasteiger partial charge in [-0.15, -0.1) is 0 Å². The summed E-state index contributed by atoms with van der Waals surface area (Å²) in [6.45, 7) is 3.79. The summed E-state index contributed by atoms with van der Waals surface area (Å²) in [4.78, 5) is 24.5. The van der Waals surface area contributed by atoms with E-state index in [1.165, 1.54) is 14.2 Å². The minimum Gasteiger partial charge on any atom is -0.495 e. The maximum atomic E-state index is 12.3. The van der Waals surface area contributed by atoms with Crippen molar-refractivity contribution in [3.05, 3.63) is 57.1 Å². The molecule has 6 nitrogen and oxygen atoms in total. The standard InChI is InChI=1S/C18H19BrN2O4/c1-10-5-6-13(11(2)7-10)18(23)21-20-17(22)12-8-14(24-3)16(19)15(9-12)25-4/h5-9H,1-4H3,(H,20,22)(H,21,23). The molecule has 2 N–H and O–H groups in total. The molecule has 2 rings (SSSR count). The van der Waals surface area contributed by atoms with Crippen molar-refractivity contribution in [2.24, 2.45) is 0 Å². The first kappa shape index (κ1) is 18.8. The van der Waals surface area contributed by atoms with Crippen molar-refractivity contribution in [1.82, 2.24) is 10.9 Å². The van der Waals surface area contributed by atoms with Gasteiger partial charge in [-0.05, 0) is 53.5 Å². The van der Waals surface area contributed by atoms with Gasteiger partial charge in [0.1, 0.15) is 16.0 Å². The summed E-state index contributed by atoms with van der Waals surface area (Å²) >= 11 is 3.34. The Morgan fingerprint density at radius 2 is 1.48 bits per heavy atom. The third kappa shape index (κ3) is 4.30. The molecule has 2 aromatic carbocycles. The van der Waals surface area contributed by atoms with Crippen LogP contribution in [0.15, 0.2) is 34.8 Å². The van der Waals surface area contributed by atoms with Gasteiger partial charge >= 0.3 is 0 Å². The van der Waals surface area contributed by atoms with Gasteiger partial charge < -0.3 is 9.47 Å². The highest BCUT2D eigenvalue weighted by atomic mass is 79.9. The molecule has 0 fully saturated rings. The Kier molecular flexibility index (Phi) is 6.03. The van der Waals surface area contributed by atoms with Crippen LogP contribution in [0.3, 0.4) is 0 Å². The zero-order chi connectivity index (χ0) is 18.6. The van der Waals surface area contributed by atoms with Gasteiger partial charge in [-0.25, -0.2) is 0 Å². The maximum absolute atomic E-state index is 12.3. The van der Waals surface area contributed by atoms with Crippen LogP contribution in [-0.2, 0) is 0 Å². The quantitative estimate of drug-likeness (QED) is 0.764. The minimum absolute atomic E-state index is 0.290. The van der Waals surface area contributed by atoms with Crippen LogP contribution in [-0.4, -0.2) is 26.0 Å². The van der Waals surface area contributed by atoms with E-state index < -0.39 is 5.91 Å². The van der Waals surface area contributed by atoms with Crippen LogP contribution in [0.4, 0.5) is 0 Å². The molecule has 0 radical (unpaired) electrons. The van der Waals surface area contributed by atoms with Gasteiger partial charge in [0.05, 0.1) is 14.2 Å². The smallest absolute Gasteiger partial charge is 0.269 e. The molecular formula is C18H19BrN2O4. The first-order valence-electron chi connectivity index (χ1n) is 7.46. The number of amides is 2. The maximum Gasteiger partial charge on any atom is 0.269 e. The van der Waals surface area contributed by atoms with Crippen molar-refractivity contribution in [2.75, 3.05) is 14.2 Å². The van der Waals surface area contributed by atoms with Gasteiger partial charge in [0.15, 0.2) is 0 Å². The number of aryl methyl sites for hydroxylation is 2. The lowest BCUT2D eigenvalue weighted by molar-refractivity contribution is 0.0846. The Morgan fingerprint density at radius 3 is 2.00 bits per heavy atom. The van der Waals surface area contributed by atoms with Gasteiger partial charge in [0, 0.05) is 11.1 Å². The van der Waals surface area contributed by atoms with E-state index >= 15 is 0 Å². The van der Waals surface area contributed by atoms with E-state index in [9.17, 15) is 9.59 Å². The molecule has 0 heterocycles. The number of hydrazine groups is 1. The van der Waals surface area contributed by atoms with Crippen LogP contribution in [0, 0.1) is 13.8 Å². The molecular weight excluding hydrogens is 388 g/mol. The van der Waals surface area contributed by atoms with Crippen LogP contribution in [0.1, 0.15) is 31.8 Å². The molecule has 0 aliphatic carbocycles. The van der Waals surface area contributed by atoms with Crippen LogP contribution in [0.2, 0.25) is 0 Å². The van der Waals surface area contributed by atoms with Crippen molar-refractivity contribution in [3.8, 4) is 11.5 Å². The van der Waals surface area contributed by atoms with E-state index in [1.54, 1.807) is 18.2 Å². The number of ether oxygens (including phenoxy) is 2. The molecule has 0 unspecified atom stereocenters. The van der Waals surface area contributed by atoms with Crippen LogP contribution in [0.5, 0.6) is 11.5 Å². The third-order valence-electron chi connectivity index (χ3n) is 3.62. The molecule has 0 bridgehead atoms. The number of methoxy groups -OCH3 is 2. The monoisotopic (exact) mass is 406 g/mol. The summed E-state index contributed by atoms with van der Waals surface area (Å²) < 4.78 is 11.0. The predicted octanol–water partition coefficient (Wildman–Crippen LogP) is 3.16. The van der Waals surface area contributed by atoms with Crippen LogP contribution < -0.4 is 20.3 Å². The van der Waals surface area contributed by atoms with Gasteiger partial charge in [-0.3, -0.25) is 20.4 Å². The van der Waals surface area contributed by atoms with E-state index in [-0.39, 0.29) is 11.5 Å². The highest BCUT2D eigenvalue weighted by Gasteiger charge is 2.16. The Labute approximate surface area is 154 Å². The Bertz CT molecular complexity index is 796. The van der Waals surface area contributed by atoms with Gasteiger partial charge in [0.25, 0.3) is 11.8 Å². The van der Waals surface area contributed by atoms with Gasteiger partial charge in [-0.2, -0.15) is 0 Å². The van der Waals surface area contributed by atoms with E-state index in [1.807, 2.05) is 26.0 Å². The Balaban J connectivity index is 2.13. The molecule has 0 saturated carbocycles. The van der Waals surface area contributed by atoms with E-state index in [0.717, 1.165) is 11.1 Å². The highest BCUT2D eigenvalue weighted by Crippen LogP contribution is 2.35. The lowest BCUT2D eigenvalue weighted by Crippen LogP contribution is -2.41. The van der Waals surface area contributed by atoms with Crippen molar-refractivity contribution >= 4 is 27.7 Å². The molecule has 25 heavy (non-hydrogen) atoms. The number of nitrogens with one attached hydrogen (secondary N) is 2. The summed E-state index contributed by atoms with van der Waals surface area (Å²) in [5.41, 5.74) is 7.49. The molecule has 2 amide bonds. The van der Waals surface area contributed by atoms with Crippen molar-refractivity contribution < 1.29 is 19.1 Å². The number of carbonyl (C=O) groups excluding carboxylic acids is 2. The Hall–Kier alpha value is -2.54. The summed E-state index contributed by atoms with van der Waals surface area (Å²) in [6, 6.07) is 8.56. The summed E-state index contributed by atoms with van der Waals surface area (Å²) in [5, 5.41) is 0. The fourth-order valence-electron chi connectivity index (χ4n) is 2.32. The van der Waals surface area contributed by atoms with Gasteiger partial charge in [0.2, 0.25) is 0 Å². The first-order valence-corrected chi connectivity index (χ1v) is 8.26. The molecule has 2 aromatic rings. The topological polar surface area (TPSA) is 76.7 Å². The Morgan fingerprint density at radius 1 is 0.920 bits per heavy atom. The zero-order valence-electron chi connectivity index (χ0n) is 14.4. The summed E-state index contributed by atoms with van der Waals surface area (Å²) in [5.74, 6) is 0.0273. The fourth-order valence-corrected chi connectivity index (χ4v) is 2.87. The summed E-state index contributed by atoms with van der Waals surface area (Å²) in [7, 11) is 2.98. The number of halogens is 1. The fraction of sp³-hybridized carbons (Fsp3) is 0.222. The highest BCUT2D eigenvalue weighted by molar-refractivity contribution is 9.10. The molecule has 0 aliphatic heterocycles. The molecule has 0 aromatic heterocycles. The molecule has 132 valence electrons.